The molecule has 0 radical (unpaired) electrons. The minimum absolute atomic E-state index is 0.214. The van der Waals surface area contributed by atoms with E-state index in [0.717, 1.165) is 17.7 Å². The molecule has 3 aromatic carbocycles. The number of hydrogen-bond acceptors (Lipinski definition) is 3. The van der Waals surface area contributed by atoms with Crippen LogP contribution in [0.2, 0.25) is 0 Å². The van der Waals surface area contributed by atoms with Gasteiger partial charge in [0, 0.05) is 23.5 Å². The van der Waals surface area contributed by atoms with Crippen LogP contribution < -0.4 is 4.74 Å². The monoisotopic (exact) mass is 427 g/mol. The molecule has 32 heavy (non-hydrogen) atoms. The number of aryl methyl sites for hydroxylation is 1. The number of phenols is 1. The van der Waals surface area contributed by atoms with Gasteiger partial charge >= 0.3 is 0 Å². The van der Waals surface area contributed by atoms with E-state index in [9.17, 15) is 5.11 Å². The molecule has 3 heteroatoms. The van der Waals surface area contributed by atoms with Crippen LogP contribution in [0.25, 0.3) is 0 Å². The fourth-order valence-corrected chi connectivity index (χ4v) is 5.36. The molecule has 1 saturated heterocycles. The number of unbranched alkanes of at least 4 members (excludes halogenated alkanes) is 1. The molecule has 3 nitrogen and oxygen atoms in total. The van der Waals surface area contributed by atoms with Gasteiger partial charge in [0.05, 0.1) is 6.61 Å². The van der Waals surface area contributed by atoms with Gasteiger partial charge < -0.3 is 14.7 Å². The number of hydrogen-bond donors (Lipinski definition) is 1. The highest BCUT2D eigenvalue weighted by atomic mass is 16.5. The van der Waals surface area contributed by atoms with Gasteiger partial charge in [0.15, 0.2) is 0 Å². The molecule has 1 N–H and O–H groups in total. The van der Waals surface area contributed by atoms with Gasteiger partial charge in [0.2, 0.25) is 0 Å². The van der Waals surface area contributed by atoms with Crippen LogP contribution in [0.4, 0.5) is 0 Å². The third-order valence-electron chi connectivity index (χ3n) is 7.11. The van der Waals surface area contributed by atoms with Crippen molar-refractivity contribution in [3.05, 3.63) is 95.1 Å². The number of benzene rings is 3. The van der Waals surface area contributed by atoms with Crippen molar-refractivity contribution in [2.45, 2.75) is 43.9 Å². The number of nitrogens with zero attached hydrogens (tertiary/aromatic N) is 1. The number of rotatable bonds is 7. The Morgan fingerprint density at radius 1 is 0.844 bits per heavy atom. The van der Waals surface area contributed by atoms with Crippen molar-refractivity contribution in [3.8, 4) is 11.5 Å². The van der Waals surface area contributed by atoms with E-state index >= 15 is 0 Å². The molecule has 0 aromatic heterocycles. The summed E-state index contributed by atoms with van der Waals surface area (Å²) in [6, 6.07) is 25.4. The lowest BCUT2D eigenvalue weighted by Gasteiger charge is -2.34. The Morgan fingerprint density at radius 2 is 1.62 bits per heavy atom. The van der Waals surface area contributed by atoms with E-state index in [1.165, 1.54) is 62.0 Å². The average Bonchev–Trinajstić information content (AvgIpc) is 3.36. The van der Waals surface area contributed by atoms with Crippen molar-refractivity contribution in [2.75, 3.05) is 26.2 Å². The van der Waals surface area contributed by atoms with Crippen LogP contribution in [-0.2, 0) is 6.42 Å². The highest BCUT2D eigenvalue weighted by Gasteiger charge is 2.33. The van der Waals surface area contributed by atoms with E-state index in [1.54, 1.807) is 12.1 Å². The van der Waals surface area contributed by atoms with Crippen molar-refractivity contribution < 1.29 is 9.84 Å². The molecule has 0 saturated carbocycles. The molecule has 2 heterocycles. The van der Waals surface area contributed by atoms with Gasteiger partial charge in [-0.15, -0.1) is 0 Å². The first-order valence-corrected chi connectivity index (χ1v) is 12.1. The summed E-state index contributed by atoms with van der Waals surface area (Å²) in [5, 5.41) is 9.95. The molecule has 0 spiro atoms. The highest BCUT2D eigenvalue weighted by Crippen LogP contribution is 2.46. The van der Waals surface area contributed by atoms with Crippen LogP contribution in [0.3, 0.4) is 0 Å². The quantitative estimate of drug-likeness (QED) is 0.461. The summed E-state index contributed by atoms with van der Waals surface area (Å²) >= 11 is 0. The average molecular weight is 428 g/mol. The first-order chi connectivity index (χ1) is 15.8. The van der Waals surface area contributed by atoms with Crippen molar-refractivity contribution in [2.24, 2.45) is 0 Å². The van der Waals surface area contributed by atoms with E-state index in [2.05, 4.69) is 59.5 Å². The summed E-state index contributed by atoms with van der Waals surface area (Å²) in [6.07, 6.45) is 6.44. The highest BCUT2D eigenvalue weighted by molar-refractivity contribution is 5.50. The van der Waals surface area contributed by atoms with Gasteiger partial charge in [-0.3, -0.25) is 0 Å². The fourth-order valence-electron chi connectivity index (χ4n) is 5.36. The van der Waals surface area contributed by atoms with Crippen LogP contribution in [0.5, 0.6) is 11.5 Å². The van der Waals surface area contributed by atoms with Crippen molar-refractivity contribution >= 4 is 0 Å². The lowest BCUT2D eigenvalue weighted by Crippen LogP contribution is -2.25. The first kappa shape index (κ1) is 21.1. The van der Waals surface area contributed by atoms with Crippen molar-refractivity contribution in [1.82, 2.24) is 4.90 Å². The van der Waals surface area contributed by atoms with Crippen LogP contribution in [-0.4, -0.2) is 36.2 Å². The van der Waals surface area contributed by atoms with Crippen molar-refractivity contribution in [1.29, 1.82) is 0 Å². The van der Waals surface area contributed by atoms with Gasteiger partial charge in [-0.25, -0.2) is 0 Å². The Labute approximate surface area is 191 Å². The topological polar surface area (TPSA) is 32.7 Å². The summed E-state index contributed by atoms with van der Waals surface area (Å²) in [6.45, 7) is 4.45. The predicted octanol–water partition coefficient (Wildman–Crippen LogP) is 6.12. The number of phenolic OH excluding ortho intramolecular Hbond substituents is 1. The molecule has 1 fully saturated rings. The van der Waals surface area contributed by atoms with Crippen LogP contribution in [0, 0.1) is 0 Å². The van der Waals surface area contributed by atoms with E-state index in [0.29, 0.717) is 6.61 Å². The van der Waals surface area contributed by atoms with Crippen LogP contribution in [0.1, 0.15) is 59.8 Å². The standard InChI is InChI=1S/C29H33NO2/c31-25-15-16-26-28(20-25)32-21-27(23-9-2-1-3-10-23)29(26)24-13-11-22(12-14-24)8-4-5-17-30-18-6-7-19-30/h1-3,9-16,20,27,29,31H,4-8,17-19,21H2/t27-,29-/m0/s1. The second-order valence-corrected chi connectivity index (χ2v) is 9.28. The third-order valence-corrected chi connectivity index (χ3v) is 7.11. The fraction of sp³-hybridized carbons (Fsp3) is 0.379. The zero-order valence-electron chi connectivity index (χ0n) is 18.7. The summed E-state index contributed by atoms with van der Waals surface area (Å²) < 4.78 is 6.09. The summed E-state index contributed by atoms with van der Waals surface area (Å²) in [7, 11) is 0. The lowest BCUT2D eigenvalue weighted by atomic mass is 9.75. The first-order valence-electron chi connectivity index (χ1n) is 12.1. The Hall–Kier alpha value is -2.78. The molecular weight excluding hydrogens is 394 g/mol. The van der Waals surface area contributed by atoms with E-state index in [4.69, 9.17) is 4.74 Å². The maximum atomic E-state index is 9.95. The molecule has 166 valence electrons. The molecule has 3 aromatic rings. The number of ether oxygens (including phenoxy) is 1. The zero-order chi connectivity index (χ0) is 21.8. The molecule has 0 amide bonds. The Kier molecular flexibility index (Phi) is 6.45. The van der Waals surface area contributed by atoms with Gasteiger partial charge in [-0.1, -0.05) is 60.7 Å². The second-order valence-electron chi connectivity index (χ2n) is 9.28. The molecule has 2 atom stereocenters. The molecule has 2 aliphatic heterocycles. The Bertz CT molecular complexity index is 1010. The SMILES string of the molecule is Oc1ccc2c(c1)OC[C@@H](c1ccccc1)[C@H]2c1ccc(CCCCN2CCCC2)cc1. The minimum atomic E-state index is 0.214. The molecule has 5 rings (SSSR count). The molecular formula is C29H33NO2. The smallest absolute Gasteiger partial charge is 0.126 e. The number of likely N-dealkylation sites (tertiary alicyclic amines) is 1. The zero-order valence-corrected chi connectivity index (χ0v) is 18.7. The Morgan fingerprint density at radius 3 is 2.41 bits per heavy atom. The lowest BCUT2D eigenvalue weighted by molar-refractivity contribution is 0.248. The summed E-state index contributed by atoms with van der Waals surface area (Å²) in [5.41, 5.74) is 5.18. The van der Waals surface area contributed by atoms with Gasteiger partial charge in [-0.2, -0.15) is 0 Å². The molecule has 0 unspecified atom stereocenters. The molecule has 2 aliphatic rings. The maximum absolute atomic E-state index is 9.95. The normalized spacial score (nSPS) is 20.6. The Balaban J connectivity index is 1.33. The predicted molar refractivity (Wildman–Crippen MR) is 130 cm³/mol. The van der Waals surface area contributed by atoms with Gasteiger partial charge in [0.1, 0.15) is 11.5 Å². The van der Waals surface area contributed by atoms with Gasteiger partial charge in [0.25, 0.3) is 0 Å². The minimum Gasteiger partial charge on any atom is -0.508 e. The van der Waals surface area contributed by atoms with E-state index in [-0.39, 0.29) is 17.6 Å². The second kappa shape index (κ2) is 9.79. The largest absolute Gasteiger partial charge is 0.508 e. The summed E-state index contributed by atoms with van der Waals surface area (Å²) in [5.74, 6) is 1.52. The number of fused-ring (bicyclic) bond motifs is 1. The van der Waals surface area contributed by atoms with Crippen LogP contribution >= 0.6 is 0 Å². The van der Waals surface area contributed by atoms with E-state index in [1.807, 2.05) is 6.07 Å². The number of aromatic hydroxyl groups is 1. The van der Waals surface area contributed by atoms with Crippen molar-refractivity contribution in [3.63, 3.8) is 0 Å². The maximum Gasteiger partial charge on any atom is 0.126 e. The van der Waals surface area contributed by atoms with Crippen LogP contribution in [0.15, 0.2) is 72.8 Å². The summed E-state index contributed by atoms with van der Waals surface area (Å²) in [4.78, 5) is 2.60. The van der Waals surface area contributed by atoms with E-state index < -0.39 is 0 Å². The third kappa shape index (κ3) is 4.68. The molecule has 0 aliphatic carbocycles. The van der Waals surface area contributed by atoms with Gasteiger partial charge in [-0.05, 0) is 74.5 Å². The molecule has 0 bridgehead atoms.